The maximum atomic E-state index is 12.9. The van der Waals surface area contributed by atoms with Crippen molar-refractivity contribution in [3.8, 4) is 0 Å². The topological polar surface area (TPSA) is 78.9 Å². The molecule has 0 heterocycles. The molecule has 1 unspecified atom stereocenters. The first kappa shape index (κ1) is 75.2. The SMILES string of the molecule is CC/C=C\C/C=C\C/C=C\C/C=C\C/C=C\C/C=C\C/C=C\CCCCCCCC(=O)OCC(COC(=O)CCCCC/C=C\C/C=C\C/C=C\CC)OC(=O)CCCCCC/C=C\C/C=C\C/C=C\C/C=C\C/C=C\C/C=C\CC. The molecule has 6 heteroatoms. The lowest BCUT2D eigenvalue weighted by atomic mass is 10.1. The average molecular weight is 1110 g/mol. The van der Waals surface area contributed by atoms with Gasteiger partial charge in [0.25, 0.3) is 0 Å². The summed E-state index contributed by atoms with van der Waals surface area (Å²) in [5.74, 6) is -1.00. The molecular weight excluding hydrogens is 997 g/mol. The molecule has 0 rings (SSSR count). The zero-order valence-corrected chi connectivity index (χ0v) is 51.5. The molecule has 1 atom stereocenters. The molecule has 450 valence electrons. The maximum Gasteiger partial charge on any atom is 0.306 e. The summed E-state index contributed by atoms with van der Waals surface area (Å²) < 4.78 is 16.8. The van der Waals surface area contributed by atoms with Crippen LogP contribution in [0.25, 0.3) is 0 Å². The Labute approximate surface area is 497 Å². The van der Waals surface area contributed by atoms with Crippen LogP contribution in [-0.2, 0) is 28.6 Å². The van der Waals surface area contributed by atoms with Crippen molar-refractivity contribution in [3.05, 3.63) is 194 Å². The average Bonchev–Trinajstić information content (AvgIpc) is 3.46. The van der Waals surface area contributed by atoms with Gasteiger partial charge in [0.15, 0.2) is 6.10 Å². The van der Waals surface area contributed by atoms with E-state index in [0.29, 0.717) is 12.8 Å². The third-order valence-corrected chi connectivity index (χ3v) is 12.6. The zero-order chi connectivity index (χ0) is 58.5. The molecule has 0 aromatic rings. The van der Waals surface area contributed by atoms with Crippen molar-refractivity contribution in [1.82, 2.24) is 0 Å². The highest BCUT2D eigenvalue weighted by Gasteiger charge is 2.19. The summed E-state index contributed by atoms with van der Waals surface area (Å²) in [7, 11) is 0. The minimum absolute atomic E-state index is 0.119. The van der Waals surface area contributed by atoms with Crippen LogP contribution in [0.3, 0.4) is 0 Å². The van der Waals surface area contributed by atoms with Gasteiger partial charge in [0.1, 0.15) is 13.2 Å². The normalized spacial score (nSPS) is 13.5. The predicted molar refractivity (Wildman–Crippen MR) is 352 cm³/mol. The van der Waals surface area contributed by atoms with E-state index in [4.69, 9.17) is 14.2 Å². The fourth-order valence-electron chi connectivity index (χ4n) is 7.91. The van der Waals surface area contributed by atoms with Crippen molar-refractivity contribution >= 4 is 17.9 Å². The van der Waals surface area contributed by atoms with Crippen LogP contribution in [0.4, 0.5) is 0 Å². The lowest BCUT2D eigenvalue weighted by Gasteiger charge is -2.18. The lowest BCUT2D eigenvalue weighted by Crippen LogP contribution is -2.30. The van der Waals surface area contributed by atoms with E-state index in [2.05, 4.69) is 215 Å². The Bertz CT molecular complexity index is 1950. The van der Waals surface area contributed by atoms with Crippen molar-refractivity contribution in [3.63, 3.8) is 0 Å². The second-order valence-electron chi connectivity index (χ2n) is 20.2. The van der Waals surface area contributed by atoms with Crippen molar-refractivity contribution in [2.75, 3.05) is 13.2 Å². The van der Waals surface area contributed by atoms with Crippen LogP contribution in [-0.4, -0.2) is 37.2 Å². The number of carbonyl (C=O) groups excluding carboxylic acids is 3. The van der Waals surface area contributed by atoms with Crippen molar-refractivity contribution in [2.45, 2.75) is 245 Å². The summed E-state index contributed by atoms with van der Waals surface area (Å²) >= 11 is 0. The van der Waals surface area contributed by atoms with E-state index >= 15 is 0 Å². The highest BCUT2D eigenvalue weighted by atomic mass is 16.6. The van der Waals surface area contributed by atoms with Gasteiger partial charge in [0.05, 0.1) is 0 Å². The van der Waals surface area contributed by atoms with Gasteiger partial charge in [-0.25, -0.2) is 0 Å². The smallest absolute Gasteiger partial charge is 0.306 e. The number of unbranched alkanes of at least 4 members (excludes halogenated alkanes) is 12. The van der Waals surface area contributed by atoms with E-state index in [1.165, 1.54) is 0 Å². The molecule has 0 bridgehead atoms. The Kier molecular flexibility index (Phi) is 62.0. The highest BCUT2D eigenvalue weighted by molar-refractivity contribution is 5.71. The quantitative estimate of drug-likeness (QED) is 0.0261. The van der Waals surface area contributed by atoms with Crippen LogP contribution < -0.4 is 0 Å². The molecule has 0 fully saturated rings. The Morgan fingerprint density at radius 2 is 0.444 bits per heavy atom. The van der Waals surface area contributed by atoms with Crippen LogP contribution in [0.1, 0.15) is 239 Å². The van der Waals surface area contributed by atoms with Crippen molar-refractivity contribution < 1.29 is 28.6 Å². The Balaban J connectivity index is 4.50. The van der Waals surface area contributed by atoms with E-state index in [0.717, 1.165) is 199 Å². The van der Waals surface area contributed by atoms with E-state index in [-0.39, 0.29) is 37.5 Å². The number of ether oxygens (including phenoxy) is 3. The first-order valence-electron chi connectivity index (χ1n) is 31.9. The van der Waals surface area contributed by atoms with Crippen LogP contribution in [0, 0.1) is 0 Å². The molecule has 0 saturated heterocycles. The molecule has 0 aliphatic rings. The molecule has 0 aliphatic carbocycles. The van der Waals surface area contributed by atoms with Gasteiger partial charge in [0.2, 0.25) is 0 Å². The van der Waals surface area contributed by atoms with Gasteiger partial charge in [-0.3, -0.25) is 14.4 Å². The second kappa shape index (κ2) is 66.8. The summed E-state index contributed by atoms with van der Waals surface area (Å²) in [6.45, 7) is 6.22. The third-order valence-electron chi connectivity index (χ3n) is 12.6. The fraction of sp³-hybridized carbons (Fsp3) is 0.533. The van der Waals surface area contributed by atoms with Gasteiger partial charge in [-0.15, -0.1) is 0 Å². The van der Waals surface area contributed by atoms with Crippen LogP contribution in [0.2, 0.25) is 0 Å². The summed E-state index contributed by atoms with van der Waals surface area (Å²) in [4.78, 5) is 38.3. The minimum atomic E-state index is -0.826. The first-order chi connectivity index (χ1) is 40.0. The second-order valence-corrected chi connectivity index (χ2v) is 20.2. The Hall–Kier alpha value is -5.75. The first-order valence-corrected chi connectivity index (χ1v) is 31.9. The molecule has 6 nitrogen and oxygen atoms in total. The predicted octanol–water partition coefficient (Wildman–Crippen LogP) is 22.2. The molecule has 0 aliphatic heterocycles. The standard InChI is InChI=1S/C75H114O6/c1-4-7-10-13-16-19-22-25-27-29-31-33-35-36-37-38-40-41-43-45-47-50-53-56-59-62-65-68-74(77)80-71-72(70-79-73(76)67-64-61-58-55-52-49-24-21-18-15-12-9-6-3)81-75(78)69-66-63-60-57-54-51-48-46-44-42-39-34-32-30-28-26-23-20-17-14-11-8-5-2/h7-12,16-21,25-28,31-34,36-37,40-42,44-45,47-49,51-52,72H,4-6,13-15,22-24,29-30,35,38-39,43,46,50,53-71H2,1-3H3/b10-7-,11-8-,12-9-,19-16-,20-17-,21-18-,27-25-,28-26-,33-31-,34-32-,37-36-,41-40-,44-42-,47-45-,51-48-,52-49-. The number of rotatable bonds is 55. The van der Waals surface area contributed by atoms with Gasteiger partial charge in [0, 0.05) is 19.3 Å². The molecule has 0 radical (unpaired) electrons. The molecule has 0 amide bonds. The largest absolute Gasteiger partial charge is 0.462 e. The van der Waals surface area contributed by atoms with Crippen LogP contribution >= 0.6 is 0 Å². The lowest BCUT2D eigenvalue weighted by molar-refractivity contribution is -0.167. The molecule has 0 aromatic heterocycles. The van der Waals surface area contributed by atoms with Crippen LogP contribution in [0.5, 0.6) is 0 Å². The van der Waals surface area contributed by atoms with Gasteiger partial charge < -0.3 is 14.2 Å². The third kappa shape index (κ3) is 64.9. The fourth-order valence-corrected chi connectivity index (χ4v) is 7.91. The molecule has 0 spiro atoms. The number of carbonyl (C=O) groups is 3. The Morgan fingerprint density at radius 3 is 0.704 bits per heavy atom. The van der Waals surface area contributed by atoms with Crippen LogP contribution in [0.15, 0.2) is 194 Å². The van der Waals surface area contributed by atoms with Crippen molar-refractivity contribution in [1.29, 1.82) is 0 Å². The van der Waals surface area contributed by atoms with E-state index < -0.39 is 6.10 Å². The maximum absolute atomic E-state index is 12.9. The van der Waals surface area contributed by atoms with E-state index in [9.17, 15) is 14.4 Å². The summed E-state index contributed by atoms with van der Waals surface area (Å²) in [5, 5.41) is 0. The van der Waals surface area contributed by atoms with E-state index in [1.807, 2.05) is 0 Å². The molecular formula is C75H114O6. The van der Waals surface area contributed by atoms with Gasteiger partial charge in [-0.05, 0) is 161 Å². The molecule has 0 N–H and O–H groups in total. The molecule has 0 saturated carbocycles. The van der Waals surface area contributed by atoms with Gasteiger partial charge in [-0.1, -0.05) is 254 Å². The molecule has 81 heavy (non-hydrogen) atoms. The summed E-state index contributed by atoms with van der Waals surface area (Å²) in [6.07, 6.45) is 101. The number of allylic oxidation sites excluding steroid dienone is 32. The molecule has 0 aromatic carbocycles. The van der Waals surface area contributed by atoms with Gasteiger partial charge >= 0.3 is 17.9 Å². The summed E-state index contributed by atoms with van der Waals surface area (Å²) in [5.41, 5.74) is 0. The van der Waals surface area contributed by atoms with Crippen molar-refractivity contribution in [2.24, 2.45) is 0 Å². The highest BCUT2D eigenvalue weighted by Crippen LogP contribution is 2.13. The van der Waals surface area contributed by atoms with Gasteiger partial charge in [-0.2, -0.15) is 0 Å². The minimum Gasteiger partial charge on any atom is -0.462 e. The zero-order valence-electron chi connectivity index (χ0n) is 51.5. The number of hydrogen-bond donors (Lipinski definition) is 0. The Morgan fingerprint density at radius 1 is 0.247 bits per heavy atom. The number of hydrogen-bond acceptors (Lipinski definition) is 6. The van der Waals surface area contributed by atoms with E-state index in [1.54, 1.807) is 0 Å². The summed E-state index contributed by atoms with van der Waals surface area (Å²) in [6, 6.07) is 0. The monoisotopic (exact) mass is 1110 g/mol. The number of esters is 3.